The van der Waals surface area contributed by atoms with Crippen LogP contribution in [0, 0.1) is 6.92 Å². The van der Waals surface area contributed by atoms with Crippen LogP contribution in [0.4, 0.5) is 0 Å². The molecule has 0 amide bonds. The molecule has 2 aromatic heterocycles. The molecule has 6 nitrogen and oxygen atoms in total. The monoisotopic (exact) mass is 277 g/mol. The molecule has 0 fully saturated rings. The molecule has 3 aromatic rings. The molecule has 0 saturated heterocycles. The van der Waals surface area contributed by atoms with Gasteiger partial charge in [0.2, 0.25) is 0 Å². The van der Waals surface area contributed by atoms with Gasteiger partial charge in [-0.15, -0.1) is 0 Å². The molecule has 2 heterocycles. The molecule has 0 bridgehead atoms. The van der Waals surface area contributed by atoms with Crippen LogP contribution in [-0.4, -0.2) is 29.8 Å². The lowest BCUT2D eigenvalue weighted by Gasteiger charge is -1.96. The lowest BCUT2D eigenvalue weighted by molar-refractivity contribution is 0.399. The Hall–Kier alpha value is -2.15. The molecule has 0 aliphatic rings. The maximum absolute atomic E-state index is 11.5. The third kappa shape index (κ3) is 2.12. The van der Waals surface area contributed by atoms with Crippen LogP contribution in [0.5, 0.6) is 0 Å². The van der Waals surface area contributed by atoms with Gasteiger partial charge in [-0.05, 0) is 25.1 Å². The van der Waals surface area contributed by atoms with Gasteiger partial charge in [-0.25, -0.2) is 13.4 Å². The highest BCUT2D eigenvalue weighted by molar-refractivity contribution is 7.90. The van der Waals surface area contributed by atoms with Crippen molar-refractivity contribution >= 4 is 20.9 Å². The van der Waals surface area contributed by atoms with Gasteiger partial charge in [-0.3, -0.25) is 0 Å². The summed E-state index contributed by atoms with van der Waals surface area (Å²) in [4.78, 5) is 7.64. The highest BCUT2D eigenvalue weighted by atomic mass is 32.2. The zero-order chi connectivity index (χ0) is 13.6. The Morgan fingerprint density at radius 3 is 2.68 bits per heavy atom. The van der Waals surface area contributed by atoms with E-state index in [2.05, 4.69) is 15.1 Å². The molecule has 98 valence electrons. The fourth-order valence-corrected chi connectivity index (χ4v) is 2.47. The second-order valence-corrected chi connectivity index (χ2v) is 6.38. The van der Waals surface area contributed by atoms with Crippen molar-refractivity contribution in [1.29, 1.82) is 0 Å². The van der Waals surface area contributed by atoms with E-state index in [1.165, 1.54) is 12.3 Å². The first-order chi connectivity index (χ1) is 8.93. The van der Waals surface area contributed by atoms with Crippen LogP contribution in [0.3, 0.4) is 0 Å². The number of imidazole rings is 1. The van der Waals surface area contributed by atoms with Crippen molar-refractivity contribution in [2.45, 2.75) is 11.8 Å². The summed E-state index contributed by atoms with van der Waals surface area (Å²) in [6.07, 6.45) is 1.17. The summed E-state index contributed by atoms with van der Waals surface area (Å²) in [5.74, 6) is 1.24. The van der Waals surface area contributed by atoms with Crippen molar-refractivity contribution < 1.29 is 12.9 Å². The zero-order valence-electron chi connectivity index (χ0n) is 10.3. The van der Waals surface area contributed by atoms with Crippen LogP contribution in [0.2, 0.25) is 0 Å². The molecule has 7 heteroatoms. The van der Waals surface area contributed by atoms with E-state index < -0.39 is 9.84 Å². The number of sulfone groups is 1. The van der Waals surface area contributed by atoms with Gasteiger partial charge in [0.25, 0.3) is 0 Å². The Morgan fingerprint density at radius 1 is 1.26 bits per heavy atom. The lowest BCUT2D eigenvalue weighted by atomic mass is 10.3. The van der Waals surface area contributed by atoms with Gasteiger partial charge in [0.15, 0.2) is 15.7 Å². The van der Waals surface area contributed by atoms with Crippen molar-refractivity contribution in [3.05, 3.63) is 30.0 Å². The summed E-state index contributed by atoms with van der Waals surface area (Å²) in [6, 6.07) is 6.53. The van der Waals surface area contributed by atoms with Gasteiger partial charge >= 0.3 is 0 Å². The number of hydrogen-bond acceptors (Lipinski definition) is 5. The number of nitrogens with zero attached hydrogens (tertiary/aromatic N) is 2. The van der Waals surface area contributed by atoms with Crippen LogP contribution < -0.4 is 0 Å². The summed E-state index contributed by atoms with van der Waals surface area (Å²) in [5.41, 5.74) is 1.93. The Labute approximate surface area is 109 Å². The number of aromatic nitrogens is 3. The maximum atomic E-state index is 11.5. The van der Waals surface area contributed by atoms with E-state index >= 15 is 0 Å². The van der Waals surface area contributed by atoms with Crippen LogP contribution >= 0.6 is 0 Å². The topological polar surface area (TPSA) is 88.9 Å². The van der Waals surface area contributed by atoms with Crippen molar-refractivity contribution in [3.63, 3.8) is 0 Å². The third-order valence-corrected chi connectivity index (χ3v) is 3.86. The molecule has 0 atom stereocenters. The molecular weight excluding hydrogens is 266 g/mol. The summed E-state index contributed by atoms with van der Waals surface area (Å²) in [5, 5.41) is 3.87. The first-order valence-corrected chi connectivity index (χ1v) is 7.46. The summed E-state index contributed by atoms with van der Waals surface area (Å²) in [7, 11) is -3.23. The van der Waals surface area contributed by atoms with E-state index in [4.69, 9.17) is 4.52 Å². The molecule has 3 rings (SSSR count). The average molecular weight is 277 g/mol. The maximum Gasteiger partial charge on any atom is 0.175 e. The van der Waals surface area contributed by atoms with Crippen molar-refractivity contribution in [2.24, 2.45) is 0 Å². The highest BCUT2D eigenvalue weighted by Gasteiger charge is 2.12. The molecule has 19 heavy (non-hydrogen) atoms. The normalized spacial score (nSPS) is 12.1. The number of aryl methyl sites for hydroxylation is 1. The van der Waals surface area contributed by atoms with E-state index in [1.807, 2.05) is 0 Å². The van der Waals surface area contributed by atoms with Gasteiger partial charge in [0, 0.05) is 12.3 Å². The summed E-state index contributed by atoms with van der Waals surface area (Å²) < 4.78 is 28.0. The van der Waals surface area contributed by atoms with E-state index in [1.54, 1.807) is 25.1 Å². The minimum absolute atomic E-state index is 0.256. The second kappa shape index (κ2) is 3.92. The number of fused-ring (bicyclic) bond motifs is 1. The fourth-order valence-electron chi connectivity index (χ4n) is 1.82. The van der Waals surface area contributed by atoms with Crippen LogP contribution in [0.25, 0.3) is 22.6 Å². The Morgan fingerprint density at radius 2 is 2.05 bits per heavy atom. The molecule has 0 aliphatic carbocycles. The van der Waals surface area contributed by atoms with Gasteiger partial charge in [0.1, 0.15) is 11.5 Å². The van der Waals surface area contributed by atoms with E-state index in [9.17, 15) is 8.42 Å². The smallest absolute Gasteiger partial charge is 0.175 e. The van der Waals surface area contributed by atoms with Crippen LogP contribution in [0.1, 0.15) is 5.76 Å². The molecule has 0 spiro atoms. The zero-order valence-corrected chi connectivity index (χ0v) is 11.2. The number of aromatic amines is 1. The SMILES string of the molecule is Cc1cc(-c2nc3ccc(S(C)(=O)=O)cc3[nH]2)no1. The number of benzene rings is 1. The fraction of sp³-hybridized carbons (Fsp3) is 0.167. The molecule has 1 N–H and O–H groups in total. The third-order valence-electron chi connectivity index (χ3n) is 2.75. The largest absolute Gasteiger partial charge is 0.361 e. The standard InChI is InChI=1S/C12H11N3O3S/c1-7-5-11(15-18-7)12-13-9-4-3-8(19(2,16)17)6-10(9)14-12/h3-6H,1-2H3,(H,13,14). The number of hydrogen-bond donors (Lipinski definition) is 1. The average Bonchev–Trinajstić information content (AvgIpc) is 2.92. The highest BCUT2D eigenvalue weighted by Crippen LogP contribution is 2.22. The van der Waals surface area contributed by atoms with E-state index in [0.29, 0.717) is 28.3 Å². The molecule has 0 aliphatic heterocycles. The van der Waals surface area contributed by atoms with E-state index in [-0.39, 0.29) is 4.90 Å². The minimum Gasteiger partial charge on any atom is -0.361 e. The predicted molar refractivity (Wildman–Crippen MR) is 69.4 cm³/mol. The number of H-pyrrole nitrogens is 1. The van der Waals surface area contributed by atoms with Gasteiger partial charge < -0.3 is 9.51 Å². The Bertz CT molecular complexity index is 861. The molecule has 0 unspecified atom stereocenters. The first-order valence-electron chi connectivity index (χ1n) is 5.57. The summed E-state index contributed by atoms with van der Waals surface area (Å²) >= 11 is 0. The number of rotatable bonds is 2. The quantitative estimate of drug-likeness (QED) is 0.773. The van der Waals surface area contributed by atoms with Crippen molar-refractivity contribution in [3.8, 4) is 11.5 Å². The van der Waals surface area contributed by atoms with Gasteiger partial charge in [0.05, 0.1) is 15.9 Å². The Kier molecular flexibility index (Phi) is 2.46. The molecule has 0 radical (unpaired) electrons. The molecular formula is C12H11N3O3S. The number of nitrogens with one attached hydrogen (secondary N) is 1. The van der Waals surface area contributed by atoms with Crippen molar-refractivity contribution in [2.75, 3.05) is 6.26 Å². The van der Waals surface area contributed by atoms with Gasteiger partial charge in [-0.2, -0.15) is 0 Å². The lowest BCUT2D eigenvalue weighted by Crippen LogP contribution is -1.96. The van der Waals surface area contributed by atoms with Gasteiger partial charge in [-0.1, -0.05) is 5.16 Å². The molecule has 1 aromatic carbocycles. The van der Waals surface area contributed by atoms with Crippen LogP contribution in [-0.2, 0) is 9.84 Å². The first kappa shape index (κ1) is 11.9. The van der Waals surface area contributed by atoms with Crippen LogP contribution in [0.15, 0.2) is 33.7 Å². The Balaban J connectivity index is 2.16. The molecule has 0 saturated carbocycles. The second-order valence-electron chi connectivity index (χ2n) is 4.36. The summed E-state index contributed by atoms with van der Waals surface area (Å²) in [6.45, 7) is 1.79. The predicted octanol–water partition coefficient (Wildman–Crippen LogP) is 1.93. The van der Waals surface area contributed by atoms with Crippen molar-refractivity contribution in [1.82, 2.24) is 15.1 Å². The van der Waals surface area contributed by atoms with E-state index in [0.717, 1.165) is 0 Å². The minimum atomic E-state index is -3.23.